The average molecular weight is 479 g/mol. The molecule has 1 spiro atoms. The lowest BCUT2D eigenvalue weighted by Crippen LogP contribution is -2.54. The van der Waals surface area contributed by atoms with Gasteiger partial charge in [0.05, 0.1) is 17.5 Å². The van der Waals surface area contributed by atoms with Crippen LogP contribution in [0.1, 0.15) is 18.9 Å². The van der Waals surface area contributed by atoms with Gasteiger partial charge in [-0.2, -0.15) is 11.8 Å². The maximum absolute atomic E-state index is 13.9. The molecule has 0 unspecified atom stereocenters. The number of thioether (sulfide) groups is 1. The highest BCUT2D eigenvalue weighted by atomic mass is 32.2. The third-order valence-corrected chi connectivity index (χ3v) is 7.72. The van der Waals surface area contributed by atoms with E-state index in [1.807, 2.05) is 30.5 Å². The van der Waals surface area contributed by atoms with Crippen LogP contribution in [0.4, 0.5) is 17.1 Å². The molecule has 0 saturated carbocycles. The molecule has 8 nitrogen and oxygen atoms in total. The van der Waals surface area contributed by atoms with Gasteiger partial charge in [-0.15, -0.1) is 0 Å². The molecule has 5 rings (SSSR count). The smallest absolute Gasteiger partial charge is 0.252 e. The van der Waals surface area contributed by atoms with Crippen LogP contribution in [0, 0.1) is 11.8 Å². The number of benzene rings is 2. The first-order chi connectivity index (χ1) is 16.3. The largest absolute Gasteiger partial charge is 0.326 e. The molecule has 2 fully saturated rings. The van der Waals surface area contributed by atoms with E-state index in [2.05, 4.69) is 10.6 Å². The van der Waals surface area contributed by atoms with E-state index in [1.54, 1.807) is 48.0 Å². The van der Waals surface area contributed by atoms with Crippen LogP contribution in [0.3, 0.4) is 0 Å². The van der Waals surface area contributed by atoms with Gasteiger partial charge in [-0.05, 0) is 48.8 Å². The average Bonchev–Trinajstić information content (AvgIpc) is 3.38. The highest BCUT2D eigenvalue weighted by molar-refractivity contribution is 7.98. The Hall–Kier alpha value is -3.17. The summed E-state index contributed by atoms with van der Waals surface area (Å²) in [5, 5.41) is 6.17. The molecular formula is C25H26N4O4S. The Morgan fingerprint density at radius 3 is 2.47 bits per heavy atom. The van der Waals surface area contributed by atoms with Crippen molar-refractivity contribution < 1.29 is 19.2 Å². The molecule has 0 bridgehead atoms. The van der Waals surface area contributed by atoms with Crippen LogP contribution in [-0.2, 0) is 24.7 Å². The first kappa shape index (κ1) is 22.6. The minimum Gasteiger partial charge on any atom is -0.326 e. The maximum atomic E-state index is 13.9. The monoisotopic (exact) mass is 478 g/mol. The summed E-state index contributed by atoms with van der Waals surface area (Å²) in [7, 11) is 1.71. The molecule has 0 radical (unpaired) electrons. The zero-order valence-electron chi connectivity index (χ0n) is 19.2. The summed E-state index contributed by atoms with van der Waals surface area (Å²) in [4.78, 5) is 55.5. The van der Waals surface area contributed by atoms with Crippen LogP contribution < -0.4 is 20.4 Å². The standard InChI is InChI=1S/C25H26N4O4S/c1-14(30)26-15-8-10-16(11-9-15)29-22(31)20-18(12-13-34-3)27-25(21(20)23(29)32)17-6-4-5-7-19(17)28(2)24(25)33/h4-11,18,20-21,27H,12-13H2,1-3H3,(H,26,30)/t18-,20+,21+,25-/m1/s1. The summed E-state index contributed by atoms with van der Waals surface area (Å²) >= 11 is 1.67. The summed E-state index contributed by atoms with van der Waals surface area (Å²) in [5.74, 6) is -1.76. The van der Waals surface area contributed by atoms with E-state index in [4.69, 9.17) is 0 Å². The molecule has 3 heterocycles. The molecule has 4 amide bonds. The number of amides is 4. The molecule has 3 aliphatic rings. The fourth-order valence-electron chi connectivity index (χ4n) is 5.70. The van der Waals surface area contributed by atoms with Gasteiger partial charge in [-0.3, -0.25) is 24.5 Å². The number of anilines is 3. The molecule has 0 aromatic heterocycles. The topological polar surface area (TPSA) is 98.8 Å². The molecule has 2 aromatic rings. The lowest BCUT2D eigenvalue weighted by atomic mass is 9.76. The van der Waals surface area contributed by atoms with Crippen LogP contribution in [0.2, 0.25) is 0 Å². The van der Waals surface area contributed by atoms with Crippen molar-refractivity contribution in [3.05, 3.63) is 54.1 Å². The zero-order valence-corrected chi connectivity index (χ0v) is 20.0. The second kappa shape index (κ2) is 8.25. The summed E-state index contributed by atoms with van der Waals surface area (Å²) in [6, 6.07) is 13.8. The van der Waals surface area contributed by atoms with Crippen LogP contribution in [0.15, 0.2) is 48.5 Å². The lowest BCUT2D eigenvalue weighted by molar-refractivity contribution is -0.131. The van der Waals surface area contributed by atoms with Crippen molar-refractivity contribution in [2.45, 2.75) is 24.9 Å². The number of nitrogens with zero attached hydrogens (tertiary/aromatic N) is 2. The molecule has 4 atom stereocenters. The first-order valence-corrected chi connectivity index (χ1v) is 12.6. The van der Waals surface area contributed by atoms with Gasteiger partial charge >= 0.3 is 0 Å². The van der Waals surface area contributed by atoms with Gasteiger partial charge in [0.15, 0.2) is 0 Å². The van der Waals surface area contributed by atoms with E-state index < -0.39 is 17.4 Å². The van der Waals surface area contributed by atoms with Crippen LogP contribution in [-0.4, -0.2) is 48.7 Å². The summed E-state index contributed by atoms with van der Waals surface area (Å²) in [6.45, 7) is 1.41. The highest BCUT2D eigenvalue weighted by Gasteiger charge is 2.71. The predicted octanol–water partition coefficient (Wildman–Crippen LogP) is 2.35. The molecule has 2 N–H and O–H groups in total. The van der Waals surface area contributed by atoms with Crippen molar-refractivity contribution in [2.75, 3.05) is 34.2 Å². The normalized spacial score (nSPS) is 27.5. The van der Waals surface area contributed by atoms with E-state index in [1.165, 1.54) is 11.8 Å². The number of carbonyl (C=O) groups is 4. The van der Waals surface area contributed by atoms with Gasteiger partial charge in [0.2, 0.25) is 17.7 Å². The molecule has 34 heavy (non-hydrogen) atoms. The number of fused-ring (bicyclic) bond motifs is 4. The zero-order chi connectivity index (χ0) is 24.2. The molecule has 2 saturated heterocycles. The molecule has 3 aliphatic heterocycles. The van der Waals surface area contributed by atoms with E-state index in [0.29, 0.717) is 17.8 Å². The van der Waals surface area contributed by atoms with Crippen molar-refractivity contribution in [3.8, 4) is 0 Å². The minimum absolute atomic E-state index is 0.206. The minimum atomic E-state index is -1.27. The molecular weight excluding hydrogens is 452 g/mol. The number of para-hydroxylation sites is 1. The Kier molecular flexibility index (Phi) is 5.49. The fourth-order valence-corrected chi connectivity index (χ4v) is 6.19. The van der Waals surface area contributed by atoms with Gasteiger partial charge < -0.3 is 10.2 Å². The quantitative estimate of drug-likeness (QED) is 0.640. The van der Waals surface area contributed by atoms with Crippen LogP contribution >= 0.6 is 11.8 Å². The maximum Gasteiger partial charge on any atom is 0.252 e. The third kappa shape index (κ3) is 3.10. The molecule has 2 aromatic carbocycles. The van der Waals surface area contributed by atoms with E-state index >= 15 is 0 Å². The fraction of sp³-hybridized carbons (Fsp3) is 0.360. The van der Waals surface area contributed by atoms with Crippen molar-refractivity contribution in [2.24, 2.45) is 11.8 Å². The van der Waals surface area contributed by atoms with Gasteiger partial charge in [0.25, 0.3) is 5.91 Å². The van der Waals surface area contributed by atoms with Crippen molar-refractivity contribution in [1.82, 2.24) is 5.32 Å². The van der Waals surface area contributed by atoms with E-state index in [9.17, 15) is 19.2 Å². The van der Waals surface area contributed by atoms with Crippen molar-refractivity contribution in [1.29, 1.82) is 0 Å². The lowest BCUT2D eigenvalue weighted by Gasteiger charge is -2.30. The number of carbonyl (C=O) groups excluding carboxylic acids is 4. The molecule has 176 valence electrons. The van der Waals surface area contributed by atoms with Gasteiger partial charge in [-0.1, -0.05) is 18.2 Å². The second-order valence-electron chi connectivity index (χ2n) is 8.97. The highest BCUT2D eigenvalue weighted by Crippen LogP contribution is 2.55. The Balaban J connectivity index is 1.59. The summed E-state index contributed by atoms with van der Waals surface area (Å²) in [5.41, 5.74) is 1.24. The number of likely N-dealkylation sites (N-methyl/N-ethyl adjacent to an activating group) is 1. The van der Waals surface area contributed by atoms with Crippen LogP contribution in [0.5, 0.6) is 0 Å². The van der Waals surface area contributed by atoms with E-state index in [-0.39, 0.29) is 29.7 Å². The predicted molar refractivity (Wildman–Crippen MR) is 132 cm³/mol. The number of imide groups is 1. The Morgan fingerprint density at radius 1 is 1.09 bits per heavy atom. The Labute approximate surface area is 202 Å². The molecule has 0 aliphatic carbocycles. The van der Waals surface area contributed by atoms with Gasteiger partial charge in [0, 0.05) is 37.0 Å². The van der Waals surface area contributed by atoms with Gasteiger partial charge in [-0.25, -0.2) is 4.90 Å². The summed E-state index contributed by atoms with van der Waals surface area (Å²) in [6.07, 6.45) is 2.66. The van der Waals surface area contributed by atoms with Crippen LogP contribution in [0.25, 0.3) is 0 Å². The number of hydrogen-bond donors (Lipinski definition) is 2. The van der Waals surface area contributed by atoms with Crippen molar-refractivity contribution in [3.63, 3.8) is 0 Å². The Bertz CT molecular complexity index is 1200. The van der Waals surface area contributed by atoms with Gasteiger partial charge in [0.1, 0.15) is 5.54 Å². The Morgan fingerprint density at radius 2 is 1.79 bits per heavy atom. The summed E-state index contributed by atoms with van der Waals surface area (Å²) < 4.78 is 0. The number of hydrogen-bond acceptors (Lipinski definition) is 6. The van der Waals surface area contributed by atoms with Crippen molar-refractivity contribution >= 4 is 52.5 Å². The number of nitrogens with one attached hydrogen (secondary N) is 2. The first-order valence-electron chi connectivity index (χ1n) is 11.2. The number of rotatable bonds is 5. The van der Waals surface area contributed by atoms with E-state index in [0.717, 1.165) is 17.0 Å². The SMILES string of the molecule is CSCC[C@H]1N[C@@]2(C(=O)N(C)c3ccccc32)[C@@H]2C(=O)N(c3ccc(NC(C)=O)cc3)C(=O)[C@H]21. The second-order valence-corrected chi connectivity index (χ2v) is 9.95. The molecule has 9 heteroatoms. The third-order valence-electron chi connectivity index (χ3n) is 7.08.